The zero-order valence-corrected chi connectivity index (χ0v) is 10.8. The van der Waals surface area contributed by atoms with Crippen LogP contribution in [0.2, 0.25) is 0 Å². The molecule has 1 aliphatic rings. The van der Waals surface area contributed by atoms with Crippen molar-refractivity contribution in [1.82, 2.24) is 4.72 Å². The van der Waals surface area contributed by atoms with Gasteiger partial charge >= 0.3 is 0 Å². The van der Waals surface area contributed by atoms with Crippen molar-refractivity contribution in [2.75, 3.05) is 0 Å². The van der Waals surface area contributed by atoms with E-state index in [0.29, 0.717) is 5.56 Å². The number of sulfonamides is 1. The fourth-order valence-electron chi connectivity index (χ4n) is 1.65. The molecule has 0 spiro atoms. The van der Waals surface area contributed by atoms with Crippen molar-refractivity contribution in [2.24, 2.45) is 5.92 Å². The van der Waals surface area contributed by atoms with Crippen LogP contribution in [0.3, 0.4) is 0 Å². The van der Waals surface area contributed by atoms with Crippen LogP contribution >= 0.6 is 0 Å². The van der Waals surface area contributed by atoms with Crippen LogP contribution in [0.15, 0.2) is 23.1 Å². The number of halogens is 1. The first-order valence-electron chi connectivity index (χ1n) is 5.70. The van der Waals surface area contributed by atoms with Gasteiger partial charge in [0.1, 0.15) is 10.7 Å². The van der Waals surface area contributed by atoms with E-state index in [9.17, 15) is 17.6 Å². The fourth-order valence-corrected chi connectivity index (χ4v) is 2.71. The molecule has 98 valence electrons. The molecule has 1 fully saturated rings. The van der Waals surface area contributed by atoms with Crippen LogP contribution in [0.1, 0.15) is 24.8 Å². The molecule has 0 heterocycles. The highest BCUT2D eigenvalue weighted by Crippen LogP contribution is 2.32. The van der Waals surface area contributed by atoms with Crippen LogP contribution in [0.25, 0.3) is 0 Å². The van der Waals surface area contributed by atoms with E-state index in [1.807, 2.05) is 4.72 Å². The second kappa shape index (κ2) is 4.68. The van der Waals surface area contributed by atoms with Gasteiger partial charge in [-0.1, -0.05) is 6.07 Å². The van der Waals surface area contributed by atoms with E-state index in [-0.39, 0.29) is 12.3 Å². The summed E-state index contributed by atoms with van der Waals surface area (Å²) in [5, 5.41) is 0. The van der Waals surface area contributed by atoms with Gasteiger partial charge in [0, 0.05) is 6.42 Å². The lowest BCUT2D eigenvalue weighted by molar-refractivity contribution is -0.119. The molecular formula is C12H14FNO3S. The molecule has 0 bridgehead atoms. The molecule has 0 aromatic heterocycles. The highest BCUT2D eigenvalue weighted by molar-refractivity contribution is 7.90. The number of carbonyl (C=O) groups is 1. The van der Waals surface area contributed by atoms with Crippen molar-refractivity contribution in [3.05, 3.63) is 29.6 Å². The number of aryl methyl sites for hydroxylation is 1. The molecule has 1 aromatic carbocycles. The standard InChI is InChI=1S/C12H14FNO3S/c1-8-2-5-11(10(13)6-8)18(16,17)14-12(15)7-9-3-4-9/h2,5-6,9H,3-4,7H2,1H3,(H,14,15). The number of carbonyl (C=O) groups excluding carboxylic acids is 1. The van der Waals surface area contributed by atoms with Gasteiger partial charge in [0.25, 0.3) is 10.0 Å². The quantitative estimate of drug-likeness (QED) is 0.907. The molecule has 0 unspecified atom stereocenters. The highest BCUT2D eigenvalue weighted by Gasteiger charge is 2.27. The smallest absolute Gasteiger partial charge is 0.266 e. The normalized spacial score (nSPS) is 15.4. The summed E-state index contributed by atoms with van der Waals surface area (Å²) in [6.45, 7) is 1.66. The first-order valence-corrected chi connectivity index (χ1v) is 7.18. The molecule has 0 atom stereocenters. The van der Waals surface area contributed by atoms with Crippen molar-refractivity contribution in [1.29, 1.82) is 0 Å². The maximum Gasteiger partial charge on any atom is 0.266 e. The number of nitrogens with one attached hydrogen (secondary N) is 1. The van der Waals surface area contributed by atoms with Gasteiger partial charge in [0.15, 0.2) is 0 Å². The third-order valence-electron chi connectivity index (χ3n) is 2.80. The second-order valence-electron chi connectivity index (χ2n) is 4.61. The van der Waals surface area contributed by atoms with Gasteiger partial charge in [0.2, 0.25) is 5.91 Å². The first kappa shape index (κ1) is 13.0. The minimum Gasteiger partial charge on any atom is -0.274 e. The fraction of sp³-hybridized carbons (Fsp3) is 0.417. The molecular weight excluding hydrogens is 257 g/mol. The number of hydrogen-bond acceptors (Lipinski definition) is 3. The molecule has 0 radical (unpaired) electrons. The minimum atomic E-state index is -4.10. The Labute approximate surface area is 105 Å². The Hall–Kier alpha value is -1.43. The summed E-state index contributed by atoms with van der Waals surface area (Å²) < 4.78 is 39.0. The van der Waals surface area contributed by atoms with Crippen molar-refractivity contribution < 1.29 is 17.6 Å². The van der Waals surface area contributed by atoms with Crippen LogP contribution in [0.5, 0.6) is 0 Å². The van der Waals surface area contributed by atoms with E-state index in [1.165, 1.54) is 6.07 Å². The highest BCUT2D eigenvalue weighted by atomic mass is 32.2. The summed E-state index contributed by atoms with van der Waals surface area (Å²) >= 11 is 0. The molecule has 1 amide bonds. The second-order valence-corrected chi connectivity index (χ2v) is 6.26. The SMILES string of the molecule is Cc1ccc(S(=O)(=O)NC(=O)CC2CC2)c(F)c1. The van der Waals surface area contributed by atoms with E-state index < -0.39 is 26.6 Å². The average Bonchev–Trinajstić information content (AvgIpc) is 2.99. The summed E-state index contributed by atoms with van der Waals surface area (Å²) in [5.74, 6) is -1.14. The van der Waals surface area contributed by atoms with Gasteiger partial charge in [-0.2, -0.15) is 0 Å². The maximum absolute atomic E-state index is 13.5. The molecule has 4 nitrogen and oxygen atoms in total. The Morgan fingerprint density at radius 1 is 1.44 bits per heavy atom. The number of benzene rings is 1. The van der Waals surface area contributed by atoms with E-state index in [1.54, 1.807) is 6.92 Å². The summed E-state index contributed by atoms with van der Waals surface area (Å²) in [4.78, 5) is 11.0. The van der Waals surface area contributed by atoms with Crippen molar-refractivity contribution in [3.8, 4) is 0 Å². The molecule has 1 aromatic rings. The number of hydrogen-bond donors (Lipinski definition) is 1. The molecule has 1 N–H and O–H groups in total. The van der Waals surface area contributed by atoms with Gasteiger partial charge in [-0.15, -0.1) is 0 Å². The molecule has 6 heteroatoms. The molecule has 1 aliphatic carbocycles. The zero-order valence-electron chi connectivity index (χ0n) is 9.94. The Kier molecular flexibility index (Phi) is 3.38. The van der Waals surface area contributed by atoms with E-state index in [2.05, 4.69) is 0 Å². The number of amides is 1. The molecule has 0 aliphatic heterocycles. The summed E-state index contributed by atoms with van der Waals surface area (Å²) in [6.07, 6.45) is 2.09. The molecule has 1 saturated carbocycles. The summed E-state index contributed by atoms with van der Waals surface area (Å²) in [6, 6.07) is 3.78. The van der Waals surface area contributed by atoms with E-state index in [4.69, 9.17) is 0 Å². The Morgan fingerprint density at radius 2 is 2.11 bits per heavy atom. The lowest BCUT2D eigenvalue weighted by Crippen LogP contribution is -2.31. The zero-order chi connectivity index (χ0) is 13.3. The van der Waals surface area contributed by atoms with Crippen molar-refractivity contribution in [2.45, 2.75) is 31.1 Å². The molecule has 18 heavy (non-hydrogen) atoms. The largest absolute Gasteiger partial charge is 0.274 e. The van der Waals surface area contributed by atoms with Gasteiger partial charge in [-0.3, -0.25) is 4.79 Å². The van der Waals surface area contributed by atoms with Gasteiger partial charge < -0.3 is 0 Å². The summed E-state index contributed by atoms with van der Waals surface area (Å²) in [7, 11) is -4.10. The first-order chi connectivity index (χ1) is 8.38. The van der Waals surface area contributed by atoms with E-state index in [0.717, 1.165) is 25.0 Å². The van der Waals surface area contributed by atoms with Crippen LogP contribution in [-0.4, -0.2) is 14.3 Å². The van der Waals surface area contributed by atoms with Crippen LogP contribution < -0.4 is 4.72 Å². The maximum atomic E-state index is 13.5. The predicted octanol–water partition coefficient (Wildman–Crippen LogP) is 1.74. The van der Waals surface area contributed by atoms with Gasteiger partial charge in [0.05, 0.1) is 0 Å². The topological polar surface area (TPSA) is 63.2 Å². The van der Waals surface area contributed by atoms with Crippen LogP contribution in [0.4, 0.5) is 4.39 Å². The van der Waals surface area contributed by atoms with Gasteiger partial charge in [-0.05, 0) is 43.4 Å². The van der Waals surface area contributed by atoms with Crippen LogP contribution in [-0.2, 0) is 14.8 Å². The Balaban J connectivity index is 2.16. The lowest BCUT2D eigenvalue weighted by atomic mass is 10.2. The van der Waals surface area contributed by atoms with Crippen LogP contribution in [0, 0.1) is 18.7 Å². The number of rotatable bonds is 4. The van der Waals surface area contributed by atoms with Gasteiger partial charge in [-0.25, -0.2) is 17.5 Å². The molecule has 2 rings (SSSR count). The monoisotopic (exact) mass is 271 g/mol. The predicted molar refractivity (Wildman–Crippen MR) is 63.8 cm³/mol. The Bertz CT molecular complexity index is 579. The molecule has 0 saturated heterocycles. The third-order valence-corrected chi connectivity index (χ3v) is 4.20. The lowest BCUT2D eigenvalue weighted by Gasteiger charge is -2.07. The van der Waals surface area contributed by atoms with E-state index >= 15 is 0 Å². The third kappa shape index (κ3) is 3.07. The van der Waals surface area contributed by atoms with Crippen molar-refractivity contribution in [3.63, 3.8) is 0 Å². The summed E-state index contributed by atoms with van der Waals surface area (Å²) in [5.41, 5.74) is 0.621. The average molecular weight is 271 g/mol. The Morgan fingerprint density at radius 3 is 2.67 bits per heavy atom. The van der Waals surface area contributed by atoms with Crippen molar-refractivity contribution >= 4 is 15.9 Å². The minimum absolute atomic E-state index is 0.187.